The lowest BCUT2D eigenvalue weighted by molar-refractivity contribution is -0.139. The summed E-state index contributed by atoms with van der Waals surface area (Å²) in [5, 5.41) is 5.04. The van der Waals surface area contributed by atoms with E-state index in [1.807, 2.05) is 42.5 Å². The predicted octanol–water partition coefficient (Wildman–Crippen LogP) is 1.81. The molecule has 7 nitrogen and oxygen atoms in total. The van der Waals surface area contributed by atoms with Gasteiger partial charge in [-0.05, 0) is 22.9 Å². The highest BCUT2D eigenvalue weighted by Crippen LogP contribution is 2.20. The summed E-state index contributed by atoms with van der Waals surface area (Å²) in [6, 6.07) is 13.9. The van der Waals surface area contributed by atoms with E-state index in [-0.39, 0.29) is 30.6 Å². The molecule has 0 spiro atoms. The van der Waals surface area contributed by atoms with Crippen LogP contribution >= 0.6 is 0 Å². The fourth-order valence-corrected chi connectivity index (χ4v) is 3.35. The molecule has 1 heterocycles. The zero-order valence-electron chi connectivity index (χ0n) is 16.7. The van der Waals surface area contributed by atoms with Gasteiger partial charge in [0, 0.05) is 45.9 Å². The van der Waals surface area contributed by atoms with Gasteiger partial charge in [0.25, 0.3) is 0 Å². The molecular weight excluding hydrogens is 370 g/mol. The van der Waals surface area contributed by atoms with Crippen molar-refractivity contribution in [3.63, 3.8) is 0 Å². The van der Waals surface area contributed by atoms with Crippen molar-refractivity contribution in [3.8, 4) is 5.75 Å². The fourth-order valence-electron chi connectivity index (χ4n) is 3.35. The third-order valence-electron chi connectivity index (χ3n) is 5.06. The van der Waals surface area contributed by atoms with Gasteiger partial charge in [0.05, 0.1) is 6.54 Å². The number of nitrogens with zero attached hydrogens (tertiary/aromatic N) is 2. The van der Waals surface area contributed by atoms with Crippen molar-refractivity contribution in [1.82, 2.24) is 15.1 Å². The van der Waals surface area contributed by atoms with Crippen molar-refractivity contribution in [1.29, 1.82) is 0 Å². The molecule has 0 atom stereocenters. The lowest BCUT2D eigenvalue weighted by atomic mass is 10.1. The number of carbonyl (C=O) groups is 3. The summed E-state index contributed by atoms with van der Waals surface area (Å²) in [7, 11) is 0. The predicted molar refractivity (Wildman–Crippen MR) is 111 cm³/mol. The summed E-state index contributed by atoms with van der Waals surface area (Å²) in [5.74, 6) is 0.582. The second-order valence-electron chi connectivity index (χ2n) is 7.09. The number of nitrogens with one attached hydrogen (secondary N) is 1. The van der Waals surface area contributed by atoms with Gasteiger partial charge in [-0.15, -0.1) is 0 Å². The van der Waals surface area contributed by atoms with E-state index in [2.05, 4.69) is 5.32 Å². The maximum absolute atomic E-state index is 12.2. The van der Waals surface area contributed by atoms with Gasteiger partial charge in [0.15, 0.2) is 0 Å². The molecule has 3 amide bonds. The van der Waals surface area contributed by atoms with E-state index in [1.54, 1.807) is 9.80 Å². The first-order chi connectivity index (χ1) is 14.0. The molecule has 0 aliphatic carbocycles. The maximum atomic E-state index is 12.2. The number of ether oxygens (including phenoxy) is 1. The summed E-state index contributed by atoms with van der Waals surface area (Å²) in [4.78, 5) is 39.0. The minimum absolute atomic E-state index is 0.0300. The Labute approximate surface area is 170 Å². The van der Waals surface area contributed by atoms with Crippen LogP contribution in [0.5, 0.6) is 5.75 Å². The number of piperazine rings is 1. The molecule has 0 bridgehead atoms. The molecular formula is C22H27N3O4. The van der Waals surface area contributed by atoms with Crippen LogP contribution in [0.3, 0.4) is 0 Å². The molecule has 0 unspecified atom stereocenters. The van der Waals surface area contributed by atoms with Crippen LogP contribution in [-0.4, -0.2) is 66.9 Å². The number of amides is 3. The van der Waals surface area contributed by atoms with Crippen LogP contribution in [0.25, 0.3) is 10.8 Å². The highest BCUT2D eigenvalue weighted by molar-refractivity contribution is 5.84. The van der Waals surface area contributed by atoms with Crippen molar-refractivity contribution in [2.24, 2.45) is 0 Å². The van der Waals surface area contributed by atoms with E-state index in [4.69, 9.17) is 4.74 Å². The minimum atomic E-state index is -0.164. The van der Waals surface area contributed by atoms with Crippen LogP contribution in [0.1, 0.15) is 19.8 Å². The molecule has 1 saturated heterocycles. The Balaban J connectivity index is 1.31. The van der Waals surface area contributed by atoms with E-state index >= 15 is 0 Å². The Morgan fingerprint density at radius 1 is 0.931 bits per heavy atom. The standard InChI is InChI=1S/C22H27N3O4/c1-17(26)24-11-13-25(14-12-24)22(28)9-8-21(27)23-10-15-29-20-7-6-18-4-2-3-5-19(18)16-20/h2-7,16H,8-15H2,1H3,(H,23,27). The summed E-state index contributed by atoms with van der Waals surface area (Å²) in [5.41, 5.74) is 0. The van der Waals surface area contributed by atoms with Gasteiger partial charge in [-0.3, -0.25) is 14.4 Å². The van der Waals surface area contributed by atoms with Gasteiger partial charge in [-0.25, -0.2) is 0 Å². The Morgan fingerprint density at radius 3 is 2.34 bits per heavy atom. The Hall–Kier alpha value is -3.09. The van der Waals surface area contributed by atoms with E-state index < -0.39 is 0 Å². The van der Waals surface area contributed by atoms with Crippen LogP contribution in [0.2, 0.25) is 0 Å². The molecule has 1 N–H and O–H groups in total. The molecule has 2 aromatic rings. The second kappa shape index (κ2) is 9.91. The van der Waals surface area contributed by atoms with Crippen LogP contribution in [-0.2, 0) is 14.4 Å². The number of benzene rings is 2. The Kier molecular flexibility index (Phi) is 7.05. The van der Waals surface area contributed by atoms with Gasteiger partial charge in [0.2, 0.25) is 17.7 Å². The number of hydrogen-bond donors (Lipinski definition) is 1. The van der Waals surface area contributed by atoms with Crippen LogP contribution in [0.4, 0.5) is 0 Å². The molecule has 1 fully saturated rings. The Bertz CT molecular complexity index is 875. The zero-order valence-corrected chi connectivity index (χ0v) is 16.7. The van der Waals surface area contributed by atoms with Gasteiger partial charge in [0.1, 0.15) is 12.4 Å². The topological polar surface area (TPSA) is 79.0 Å². The average molecular weight is 397 g/mol. The molecule has 2 aromatic carbocycles. The summed E-state index contributed by atoms with van der Waals surface area (Å²) in [6.07, 6.45) is 0.333. The van der Waals surface area contributed by atoms with Gasteiger partial charge >= 0.3 is 0 Å². The smallest absolute Gasteiger partial charge is 0.223 e. The number of rotatable bonds is 7. The largest absolute Gasteiger partial charge is 0.492 e. The highest BCUT2D eigenvalue weighted by Gasteiger charge is 2.22. The third kappa shape index (κ3) is 5.94. The van der Waals surface area contributed by atoms with Crippen molar-refractivity contribution in [2.75, 3.05) is 39.3 Å². The summed E-state index contributed by atoms with van der Waals surface area (Å²) < 4.78 is 5.69. The SMILES string of the molecule is CC(=O)N1CCN(C(=O)CCC(=O)NCCOc2ccc3ccccc3c2)CC1. The normalized spacial score (nSPS) is 14.0. The zero-order chi connectivity index (χ0) is 20.6. The van der Waals surface area contributed by atoms with E-state index in [0.29, 0.717) is 39.3 Å². The maximum Gasteiger partial charge on any atom is 0.223 e. The molecule has 1 aliphatic rings. The van der Waals surface area contributed by atoms with Crippen molar-refractivity contribution in [2.45, 2.75) is 19.8 Å². The molecule has 0 aromatic heterocycles. The molecule has 0 saturated carbocycles. The lowest BCUT2D eigenvalue weighted by Gasteiger charge is -2.34. The molecule has 7 heteroatoms. The van der Waals surface area contributed by atoms with Gasteiger partial charge < -0.3 is 19.9 Å². The van der Waals surface area contributed by atoms with E-state index in [0.717, 1.165) is 16.5 Å². The van der Waals surface area contributed by atoms with Gasteiger partial charge in [-0.2, -0.15) is 0 Å². The average Bonchev–Trinajstić information content (AvgIpc) is 2.75. The molecule has 0 radical (unpaired) electrons. The van der Waals surface area contributed by atoms with Crippen molar-refractivity contribution < 1.29 is 19.1 Å². The minimum Gasteiger partial charge on any atom is -0.492 e. The van der Waals surface area contributed by atoms with Gasteiger partial charge in [-0.1, -0.05) is 30.3 Å². The molecule has 1 aliphatic heterocycles. The molecule has 3 rings (SSSR count). The van der Waals surface area contributed by atoms with Crippen LogP contribution < -0.4 is 10.1 Å². The summed E-state index contributed by atoms with van der Waals surface area (Å²) in [6.45, 7) is 4.45. The van der Waals surface area contributed by atoms with Crippen LogP contribution in [0, 0.1) is 0 Å². The quantitative estimate of drug-likeness (QED) is 0.723. The molecule has 29 heavy (non-hydrogen) atoms. The number of fused-ring (bicyclic) bond motifs is 1. The van der Waals surface area contributed by atoms with E-state index in [9.17, 15) is 14.4 Å². The van der Waals surface area contributed by atoms with Crippen LogP contribution in [0.15, 0.2) is 42.5 Å². The first kappa shape index (κ1) is 20.6. The first-order valence-corrected chi connectivity index (χ1v) is 9.94. The second-order valence-corrected chi connectivity index (χ2v) is 7.09. The Morgan fingerprint density at radius 2 is 1.62 bits per heavy atom. The summed E-state index contributed by atoms with van der Waals surface area (Å²) >= 11 is 0. The number of hydrogen-bond acceptors (Lipinski definition) is 4. The van der Waals surface area contributed by atoms with Crippen molar-refractivity contribution >= 4 is 28.5 Å². The highest BCUT2D eigenvalue weighted by atomic mass is 16.5. The van der Waals surface area contributed by atoms with Crippen molar-refractivity contribution in [3.05, 3.63) is 42.5 Å². The third-order valence-corrected chi connectivity index (χ3v) is 5.06. The fraction of sp³-hybridized carbons (Fsp3) is 0.409. The first-order valence-electron chi connectivity index (χ1n) is 9.94. The van der Waals surface area contributed by atoms with E-state index in [1.165, 1.54) is 6.92 Å². The number of carbonyl (C=O) groups excluding carboxylic acids is 3. The lowest BCUT2D eigenvalue weighted by Crippen LogP contribution is -2.50. The monoisotopic (exact) mass is 397 g/mol. The molecule has 154 valence electrons.